The molecule has 1 fully saturated rings. The third-order valence-corrected chi connectivity index (χ3v) is 5.22. The van der Waals surface area contributed by atoms with Crippen LogP contribution in [0.1, 0.15) is 18.4 Å². The molecule has 0 radical (unpaired) electrons. The van der Waals surface area contributed by atoms with Gasteiger partial charge in [-0.25, -0.2) is 13.4 Å². The Hall–Kier alpha value is -1.02. The number of ether oxygens (including phenoxy) is 1. The van der Waals surface area contributed by atoms with E-state index < -0.39 is 10.0 Å². The molecule has 0 aromatic carbocycles. The van der Waals surface area contributed by atoms with Crippen LogP contribution in [0.3, 0.4) is 0 Å². The average molecular weight is 299 g/mol. The van der Waals surface area contributed by atoms with Crippen LogP contribution in [0.2, 0.25) is 0 Å². The van der Waals surface area contributed by atoms with Crippen LogP contribution in [0, 0.1) is 5.92 Å². The molecule has 1 aromatic heterocycles. The second-order valence-corrected chi connectivity index (χ2v) is 7.07. The molecule has 0 aliphatic carbocycles. The fourth-order valence-corrected chi connectivity index (χ4v) is 3.41. The maximum Gasteiger partial charge on any atom is 0.260 e. The van der Waals surface area contributed by atoms with E-state index in [1.807, 2.05) is 0 Å². The number of hydrogen-bond donors (Lipinski definition) is 1. The highest BCUT2D eigenvalue weighted by molar-refractivity contribution is 7.89. The van der Waals surface area contributed by atoms with Crippen LogP contribution >= 0.6 is 0 Å². The van der Waals surface area contributed by atoms with Gasteiger partial charge in [0, 0.05) is 32.9 Å². The van der Waals surface area contributed by atoms with Crippen molar-refractivity contribution < 1.29 is 13.2 Å². The van der Waals surface area contributed by atoms with Gasteiger partial charge in [-0.2, -0.15) is 4.31 Å². The van der Waals surface area contributed by atoms with Gasteiger partial charge in [0.25, 0.3) is 10.0 Å². The Balaban J connectivity index is 2.07. The van der Waals surface area contributed by atoms with Crippen LogP contribution in [0.15, 0.2) is 23.4 Å². The first-order valence-electron chi connectivity index (χ1n) is 6.73. The highest BCUT2D eigenvalue weighted by Crippen LogP contribution is 2.18. The van der Waals surface area contributed by atoms with Crippen molar-refractivity contribution in [3.05, 3.63) is 23.9 Å². The van der Waals surface area contributed by atoms with E-state index in [2.05, 4.69) is 4.98 Å². The molecule has 0 amide bonds. The van der Waals surface area contributed by atoms with Crippen LogP contribution in [-0.2, 0) is 21.3 Å². The van der Waals surface area contributed by atoms with E-state index >= 15 is 0 Å². The van der Waals surface area contributed by atoms with E-state index in [-0.39, 0.29) is 10.9 Å². The Morgan fingerprint density at radius 2 is 2.30 bits per heavy atom. The Bertz CT molecular complexity index is 524. The van der Waals surface area contributed by atoms with Crippen molar-refractivity contribution in [3.8, 4) is 0 Å². The molecule has 2 rings (SSSR count). The van der Waals surface area contributed by atoms with Gasteiger partial charge in [0.05, 0.1) is 6.61 Å². The largest absolute Gasteiger partial charge is 0.381 e. The fraction of sp³-hybridized carbons (Fsp3) is 0.615. The summed E-state index contributed by atoms with van der Waals surface area (Å²) in [5, 5.41) is 0.0638. The quantitative estimate of drug-likeness (QED) is 0.860. The molecule has 2 heterocycles. The van der Waals surface area contributed by atoms with Gasteiger partial charge in [-0.3, -0.25) is 0 Å². The Labute approximate surface area is 120 Å². The molecule has 7 heteroatoms. The van der Waals surface area contributed by atoms with Crippen molar-refractivity contribution in [1.29, 1.82) is 0 Å². The summed E-state index contributed by atoms with van der Waals surface area (Å²) >= 11 is 0. The molecule has 1 atom stereocenters. The second-order valence-electron chi connectivity index (χ2n) is 5.08. The minimum absolute atomic E-state index is 0.0638. The summed E-state index contributed by atoms with van der Waals surface area (Å²) in [5.41, 5.74) is 6.29. The number of nitrogens with zero attached hydrogens (tertiary/aromatic N) is 2. The SMILES string of the molecule is CN(CC1CCCOC1)S(=O)(=O)c1ccc(CN)cn1. The Morgan fingerprint density at radius 3 is 2.85 bits per heavy atom. The molecule has 0 spiro atoms. The molecule has 1 aromatic rings. The summed E-state index contributed by atoms with van der Waals surface area (Å²) in [6.45, 7) is 2.21. The smallest absolute Gasteiger partial charge is 0.260 e. The summed E-state index contributed by atoms with van der Waals surface area (Å²) in [7, 11) is -1.95. The Morgan fingerprint density at radius 1 is 1.50 bits per heavy atom. The molecular weight excluding hydrogens is 278 g/mol. The molecule has 112 valence electrons. The molecule has 0 saturated carbocycles. The highest BCUT2D eigenvalue weighted by Gasteiger charge is 2.26. The van der Waals surface area contributed by atoms with Gasteiger partial charge in [-0.15, -0.1) is 0 Å². The standard InChI is InChI=1S/C13H21N3O3S/c1-16(9-12-3-2-6-19-10-12)20(17,18)13-5-4-11(7-14)8-15-13/h4-5,8,12H,2-3,6-7,9-10,14H2,1H3. The number of pyridine rings is 1. The zero-order valence-corrected chi connectivity index (χ0v) is 12.5. The van der Waals surface area contributed by atoms with E-state index in [1.165, 1.54) is 16.6 Å². The zero-order chi connectivity index (χ0) is 14.6. The summed E-state index contributed by atoms with van der Waals surface area (Å²) in [6.07, 6.45) is 3.49. The lowest BCUT2D eigenvalue weighted by molar-refractivity contribution is 0.0495. The second kappa shape index (κ2) is 6.62. The molecule has 20 heavy (non-hydrogen) atoms. The topological polar surface area (TPSA) is 85.5 Å². The first-order valence-corrected chi connectivity index (χ1v) is 8.17. The number of aromatic nitrogens is 1. The van der Waals surface area contributed by atoms with E-state index in [1.54, 1.807) is 13.1 Å². The van der Waals surface area contributed by atoms with Gasteiger partial charge in [0.15, 0.2) is 5.03 Å². The predicted molar refractivity (Wildman–Crippen MR) is 75.5 cm³/mol. The van der Waals surface area contributed by atoms with Crippen LogP contribution in [0.4, 0.5) is 0 Å². The molecule has 1 aliphatic heterocycles. The van der Waals surface area contributed by atoms with Crippen molar-refractivity contribution in [2.24, 2.45) is 11.7 Å². The Kier molecular flexibility index (Phi) is 5.09. The van der Waals surface area contributed by atoms with Crippen molar-refractivity contribution in [1.82, 2.24) is 9.29 Å². The molecule has 1 saturated heterocycles. The van der Waals surface area contributed by atoms with Crippen LogP contribution in [-0.4, -0.2) is 44.5 Å². The highest BCUT2D eigenvalue weighted by atomic mass is 32.2. The lowest BCUT2D eigenvalue weighted by atomic mass is 10.0. The number of sulfonamides is 1. The third-order valence-electron chi connectivity index (χ3n) is 3.48. The van der Waals surface area contributed by atoms with Crippen LogP contribution in [0.5, 0.6) is 0 Å². The van der Waals surface area contributed by atoms with Gasteiger partial charge in [-0.1, -0.05) is 6.07 Å². The van der Waals surface area contributed by atoms with Crippen molar-refractivity contribution in [3.63, 3.8) is 0 Å². The van der Waals surface area contributed by atoms with E-state index in [4.69, 9.17) is 10.5 Å². The van der Waals surface area contributed by atoms with Gasteiger partial charge >= 0.3 is 0 Å². The lowest BCUT2D eigenvalue weighted by Crippen LogP contribution is -2.35. The number of rotatable bonds is 5. The van der Waals surface area contributed by atoms with Gasteiger partial charge in [0.1, 0.15) is 0 Å². The van der Waals surface area contributed by atoms with E-state index in [0.29, 0.717) is 19.7 Å². The normalized spacial score (nSPS) is 20.2. The van der Waals surface area contributed by atoms with E-state index in [0.717, 1.165) is 25.0 Å². The molecule has 0 bridgehead atoms. The monoisotopic (exact) mass is 299 g/mol. The first kappa shape index (κ1) is 15.4. The maximum atomic E-state index is 12.4. The molecule has 1 unspecified atom stereocenters. The fourth-order valence-electron chi connectivity index (χ4n) is 2.26. The third kappa shape index (κ3) is 3.54. The summed E-state index contributed by atoms with van der Waals surface area (Å²) in [6, 6.07) is 3.20. The number of hydrogen-bond acceptors (Lipinski definition) is 5. The summed E-state index contributed by atoms with van der Waals surface area (Å²) < 4.78 is 31.5. The molecule has 6 nitrogen and oxygen atoms in total. The van der Waals surface area contributed by atoms with Crippen molar-refractivity contribution in [2.75, 3.05) is 26.8 Å². The summed E-state index contributed by atoms with van der Waals surface area (Å²) in [4.78, 5) is 3.99. The molecular formula is C13H21N3O3S. The van der Waals surface area contributed by atoms with Crippen LogP contribution < -0.4 is 5.73 Å². The van der Waals surface area contributed by atoms with Gasteiger partial charge in [0.2, 0.25) is 0 Å². The van der Waals surface area contributed by atoms with Gasteiger partial charge < -0.3 is 10.5 Å². The van der Waals surface area contributed by atoms with Crippen molar-refractivity contribution in [2.45, 2.75) is 24.4 Å². The maximum absolute atomic E-state index is 12.4. The number of nitrogens with two attached hydrogens (primary N) is 1. The average Bonchev–Trinajstić information content (AvgIpc) is 2.48. The zero-order valence-electron chi connectivity index (χ0n) is 11.7. The first-order chi connectivity index (χ1) is 9.54. The lowest BCUT2D eigenvalue weighted by Gasteiger charge is -2.26. The van der Waals surface area contributed by atoms with Crippen molar-refractivity contribution >= 4 is 10.0 Å². The molecule has 2 N–H and O–H groups in total. The minimum Gasteiger partial charge on any atom is -0.381 e. The minimum atomic E-state index is -3.54. The summed E-state index contributed by atoms with van der Waals surface area (Å²) in [5.74, 6) is 0.256. The van der Waals surface area contributed by atoms with E-state index in [9.17, 15) is 8.42 Å². The molecule has 1 aliphatic rings. The predicted octanol–water partition coefficient (Wildman–Crippen LogP) is 0.587. The van der Waals surface area contributed by atoms with Gasteiger partial charge in [-0.05, 0) is 30.4 Å². The van der Waals surface area contributed by atoms with Crippen LogP contribution in [0.25, 0.3) is 0 Å².